The van der Waals surface area contributed by atoms with Gasteiger partial charge in [0.2, 0.25) is 0 Å². The van der Waals surface area contributed by atoms with E-state index in [4.69, 9.17) is 4.74 Å². The molecule has 0 unspecified atom stereocenters. The molecule has 1 aliphatic heterocycles. The number of ether oxygens (including phenoxy) is 1. The summed E-state index contributed by atoms with van der Waals surface area (Å²) in [6, 6.07) is 21.9. The molecule has 0 radical (unpaired) electrons. The third-order valence-corrected chi connectivity index (χ3v) is 7.33. The van der Waals surface area contributed by atoms with E-state index in [1.165, 1.54) is 13.2 Å². The number of fused-ring (bicyclic) bond motifs is 1. The molecule has 6 nitrogen and oxygen atoms in total. The van der Waals surface area contributed by atoms with Gasteiger partial charge in [-0.3, -0.25) is 15.0 Å². The Hall–Kier alpha value is -4.32. The molecule has 36 heavy (non-hydrogen) atoms. The summed E-state index contributed by atoms with van der Waals surface area (Å²) >= 11 is 0. The van der Waals surface area contributed by atoms with Crippen LogP contribution in [-0.2, 0) is 15.0 Å². The maximum atomic E-state index is 14.5. The van der Waals surface area contributed by atoms with Crippen molar-refractivity contribution in [3.63, 3.8) is 0 Å². The molecule has 0 saturated carbocycles. The zero-order chi connectivity index (χ0) is 25.4. The monoisotopic (exact) mass is 480 g/mol. The molecule has 1 heterocycles. The van der Waals surface area contributed by atoms with Crippen LogP contribution in [-0.4, -0.2) is 29.0 Å². The average molecular weight is 481 g/mol. The summed E-state index contributed by atoms with van der Waals surface area (Å²) in [6.45, 7) is 5.98. The molecule has 2 N–H and O–H groups in total. The standard InChI is InChI=1S/C30H28N2O4/c1-4-20-12-17-25-28(34)32(31-22-13-10-19(2)11-14-22)29(35)30(25,21-8-6-5-7-9-21)27(20)24-16-15-23(36-3)18-26(24)33/h4-16,18,25,27,31,33H,1,17H2,2-3H3/t25-,27+,30+/m0/s1. The van der Waals surface area contributed by atoms with Gasteiger partial charge in [-0.1, -0.05) is 72.8 Å². The van der Waals surface area contributed by atoms with Gasteiger partial charge in [0.1, 0.15) is 11.5 Å². The molecule has 0 bridgehead atoms. The van der Waals surface area contributed by atoms with E-state index in [0.717, 1.165) is 16.1 Å². The molecule has 3 aromatic carbocycles. The van der Waals surface area contributed by atoms with Gasteiger partial charge in [-0.05, 0) is 42.7 Å². The predicted molar refractivity (Wildman–Crippen MR) is 139 cm³/mol. The molecule has 6 heteroatoms. The molecule has 2 amide bonds. The fourth-order valence-corrected chi connectivity index (χ4v) is 5.62. The van der Waals surface area contributed by atoms with E-state index in [0.29, 0.717) is 29.0 Å². The first-order valence-corrected chi connectivity index (χ1v) is 11.9. The number of hydrogen-bond acceptors (Lipinski definition) is 5. The fourth-order valence-electron chi connectivity index (χ4n) is 5.62. The Morgan fingerprint density at radius 1 is 1.08 bits per heavy atom. The maximum Gasteiger partial charge on any atom is 0.260 e. The van der Waals surface area contributed by atoms with Crippen LogP contribution < -0.4 is 10.2 Å². The molecular weight excluding hydrogens is 452 g/mol. The van der Waals surface area contributed by atoms with Crippen molar-refractivity contribution >= 4 is 17.5 Å². The van der Waals surface area contributed by atoms with Crippen LogP contribution >= 0.6 is 0 Å². The number of amides is 2. The Bertz CT molecular complexity index is 1360. The molecule has 2 aliphatic rings. The Kier molecular flexibility index (Phi) is 5.88. The second-order valence-electron chi connectivity index (χ2n) is 9.25. The summed E-state index contributed by atoms with van der Waals surface area (Å²) in [6.07, 6.45) is 4.04. The highest BCUT2D eigenvalue weighted by Crippen LogP contribution is 2.58. The van der Waals surface area contributed by atoms with E-state index in [1.54, 1.807) is 18.2 Å². The maximum absolute atomic E-state index is 14.5. The number of phenolic OH excluding ortho intramolecular Hbond substituents is 1. The lowest BCUT2D eigenvalue weighted by Crippen LogP contribution is -2.48. The molecule has 5 rings (SSSR count). The van der Waals surface area contributed by atoms with Gasteiger partial charge in [-0.15, -0.1) is 0 Å². The normalized spacial score (nSPS) is 23.2. The predicted octanol–water partition coefficient (Wildman–Crippen LogP) is 5.26. The first-order chi connectivity index (χ1) is 17.4. The minimum atomic E-state index is -1.28. The van der Waals surface area contributed by atoms with Crippen LogP contribution in [0.15, 0.2) is 97.1 Å². The number of imide groups is 1. The van der Waals surface area contributed by atoms with Crippen LogP contribution in [0.25, 0.3) is 0 Å². The molecule has 182 valence electrons. The van der Waals surface area contributed by atoms with Crippen molar-refractivity contribution in [1.82, 2.24) is 5.01 Å². The summed E-state index contributed by atoms with van der Waals surface area (Å²) in [5, 5.41) is 12.2. The highest BCUT2D eigenvalue weighted by Gasteiger charge is 2.66. The second-order valence-corrected chi connectivity index (χ2v) is 9.25. The smallest absolute Gasteiger partial charge is 0.260 e. The van der Waals surface area contributed by atoms with E-state index >= 15 is 0 Å². The van der Waals surface area contributed by atoms with E-state index in [-0.39, 0.29) is 17.6 Å². The van der Waals surface area contributed by atoms with Crippen molar-refractivity contribution in [1.29, 1.82) is 0 Å². The van der Waals surface area contributed by atoms with Gasteiger partial charge >= 0.3 is 0 Å². The number of anilines is 1. The lowest BCUT2D eigenvalue weighted by atomic mass is 9.56. The van der Waals surface area contributed by atoms with Gasteiger partial charge in [-0.25, -0.2) is 0 Å². The first kappa shape index (κ1) is 23.4. The topological polar surface area (TPSA) is 78.9 Å². The number of rotatable bonds is 6. The highest BCUT2D eigenvalue weighted by molar-refractivity contribution is 6.12. The van der Waals surface area contributed by atoms with Crippen LogP contribution in [0.3, 0.4) is 0 Å². The largest absolute Gasteiger partial charge is 0.508 e. The Labute approximate surface area is 210 Å². The summed E-state index contributed by atoms with van der Waals surface area (Å²) < 4.78 is 5.28. The number of phenols is 1. The number of methoxy groups -OCH3 is 1. The van der Waals surface area contributed by atoms with Gasteiger partial charge in [0.05, 0.1) is 24.1 Å². The third kappa shape index (κ3) is 3.49. The van der Waals surface area contributed by atoms with Gasteiger partial charge in [0.15, 0.2) is 0 Å². The Morgan fingerprint density at radius 3 is 2.44 bits per heavy atom. The number of nitrogens with zero attached hydrogens (tertiary/aromatic N) is 1. The summed E-state index contributed by atoms with van der Waals surface area (Å²) in [5.41, 5.74) is 5.54. The number of hydrogen-bond donors (Lipinski definition) is 2. The quantitative estimate of drug-likeness (QED) is 0.471. The minimum absolute atomic E-state index is 0.00625. The Balaban J connectivity index is 1.73. The van der Waals surface area contributed by atoms with Crippen LogP contribution in [0.2, 0.25) is 0 Å². The minimum Gasteiger partial charge on any atom is -0.508 e. The van der Waals surface area contributed by atoms with Gasteiger partial charge in [0.25, 0.3) is 11.8 Å². The molecular formula is C30H28N2O4. The van der Waals surface area contributed by atoms with Crippen LogP contribution in [0.1, 0.15) is 29.0 Å². The van der Waals surface area contributed by atoms with Crippen molar-refractivity contribution in [2.24, 2.45) is 5.92 Å². The summed E-state index contributed by atoms with van der Waals surface area (Å²) in [5.74, 6) is -1.48. The van der Waals surface area contributed by atoms with E-state index in [9.17, 15) is 14.7 Å². The van der Waals surface area contributed by atoms with Crippen LogP contribution in [0.4, 0.5) is 5.69 Å². The zero-order valence-electron chi connectivity index (χ0n) is 20.3. The lowest BCUT2D eigenvalue weighted by Gasteiger charge is -2.43. The van der Waals surface area contributed by atoms with Crippen molar-refractivity contribution in [3.8, 4) is 11.5 Å². The molecule has 3 atom stereocenters. The molecule has 1 fully saturated rings. The average Bonchev–Trinajstić information content (AvgIpc) is 3.12. The zero-order valence-corrected chi connectivity index (χ0v) is 20.3. The van der Waals surface area contributed by atoms with Gasteiger partial charge < -0.3 is 9.84 Å². The van der Waals surface area contributed by atoms with Crippen molar-refractivity contribution in [2.75, 3.05) is 12.5 Å². The summed E-state index contributed by atoms with van der Waals surface area (Å²) in [7, 11) is 1.53. The molecule has 1 saturated heterocycles. The van der Waals surface area contributed by atoms with Gasteiger partial charge in [-0.2, -0.15) is 5.01 Å². The van der Waals surface area contributed by atoms with Crippen molar-refractivity contribution < 1.29 is 19.4 Å². The number of allylic oxidation sites excluding steroid dienone is 3. The third-order valence-electron chi connectivity index (χ3n) is 7.33. The summed E-state index contributed by atoms with van der Waals surface area (Å²) in [4.78, 5) is 28.4. The highest BCUT2D eigenvalue weighted by atomic mass is 16.5. The number of hydrazine groups is 1. The number of carbonyl (C=O) groups excluding carboxylic acids is 2. The molecule has 0 spiro atoms. The number of benzene rings is 3. The van der Waals surface area contributed by atoms with E-state index in [2.05, 4.69) is 12.0 Å². The SMILES string of the molecule is C=CC1=CC[C@H]2C(=O)N(Nc3ccc(C)cc3)C(=O)[C@@]2(c2ccccc2)[C@H]1c1ccc(OC)cc1O. The number of carbonyl (C=O) groups is 2. The first-order valence-electron chi connectivity index (χ1n) is 11.9. The lowest BCUT2D eigenvalue weighted by molar-refractivity contribution is -0.138. The van der Waals surface area contributed by atoms with Crippen LogP contribution in [0.5, 0.6) is 11.5 Å². The Morgan fingerprint density at radius 2 is 1.81 bits per heavy atom. The fraction of sp³-hybridized carbons (Fsp3) is 0.200. The molecule has 1 aliphatic carbocycles. The van der Waals surface area contributed by atoms with Gasteiger partial charge in [0, 0.05) is 17.5 Å². The number of aromatic hydroxyl groups is 1. The van der Waals surface area contributed by atoms with E-state index < -0.39 is 17.3 Å². The molecule has 0 aromatic heterocycles. The molecule has 3 aromatic rings. The van der Waals surface area contributed by atoms with Crippen molar-refractivity contribution in [3.05, 3.63) is 114 Å². The van der Waals surface area contributed by atoms with Crippen molar-refractivity contribution in [2.45, 2.75) is 24.7 Å². The number of aryl methyl sites for hydroxylation is 1. The number of nitrogens with one attached hydrogen (secondary N) is 1. The second kappa shape index (κ2) is 9.04. The van der Waals surface area contributed by atoms with E-state index in [1.807, 2.05) is 67.6 Å². The van der Waals surface area contributed by atoms with Crippen LogP contribution in [0, 0.1) is 12.8 Å².